The van der Waals surface area contributed by atoms with E-state index in [2.05, 4.69) is 45.4 Å². The molecule has 0 bridgehead atoms. The molecule has 0 spiro atoms. The highest BCUT2D eigenvalue weighted by atomic mass is 16.3. The molecule has 1 fully saturated rings. The third-order valence-corrected chi connectivity index (χ3v) is 4.34. The van der Waals surface area contributed by atoms with Gasteiger partial charge in [-0.05, 0) is 37.2 Å². The van der Waals surface area contributed by atoms with Crippen LogP contribution in [-0.2, 0) is 17.9 Å². The van der Waals surface area contributed by atoms with Crippen LogP contribution in [0.4, 0.5) is 0 Å². The first-order chi connectivity index (χ1) is 11.8. The van der Waals surface area contributed by atoms with Crippen molar-refractivity contribution < 1.29 is 9.21 Å². The smallest absolute Gasteiger partial charge is 0.234 e. The van der Waals surface area contributed by atoms with Gasteiger partial charge in [0.2, 0.25) is 5.91 Å². The van der Waals surface area contributed by atoms with E-state index in [9.17, 15) is 4.79 Å². The van der Waals surface area contributed by atoms with Crippen molar-refractivity contribution in [1.82, 2.24) is 15.1 Å². The van der Waals surface area contributed by atoms with Gasteiger partial charge in [-0.2, -0.15) is 0 Å². The topological polar surface area (TPSA) is 48.7 Å². The van der Waals surface area contributed by atoms with Gasteiger partial charge in [0.25, 0.3) is 0 Å². The highest BCUT2D eigenvalue weighted by Gasteiger charge is 2.17. The molecule has 5 nitrogen and oxygen atoms in total. The Balaban J connectivity index is 1.41. The SMILES string of the molecule is O=C(CN1CCCN(Cc2ccccc2)CC1)NCc1ccco1. The van der Waals surface area contributed by atoms with Crippen molar-refractivity contribution in [3.05, 3.63) is 60.1 Å². The second-order valence-corrected chi connectivity index (χ2v) is 6.25. The summed E-state index contributed by atoms with van der Waals surface area (Å²) in [5.74, 6) is 0.844. The number of benzene rings is 1. The quantitative estimate of drug-likeness (QED) is 0.883. The maximum Gasteiger partial charge on any atom is 0.234 e. The molecule has 0 radical (unpaired) electrons. The van der Waals surface area contributed by atoms with Gasteiger partial charge in [0.15, 0.2) is 0 Å². The van der Waals surface area contributed by atoms with E-state index in [-0.39, 0.29) is 5.91 Å². The van der Waals surface area contributed by atoms with Gasteiger partial charge in [-0.25, -0.2) is 0 Å². The van der Waals surface area contributed by atoms with Crippen LogP contribution in [0.15, 0.2) is 53.1 Å². The zero-order valence-electron chi connectivity index (χ0n) is 14.0. The first-order valence-electron chi connectivity index (χ1n) is 8.57. The van der Waals surface area contributed by atoms with E-state index < -0.39 is 0 Å². The number of hydrogen-bond donors (Lipinski definition) is 1. The van der Waals surface area contributed by atoms with Gasteiger partial charge < -0.3 is 9.73 Å². The molecule has 1 aliphatic rings. The summed E-state index contributed by atoms with van der Waals surface area (Å²) in [6.45, 7) is 5.89. The van der Waals surface area contributed by atoms with Gasteiger partial charge >= 0.3 is 0 Å². The van der Waals surface area contributed by atoms with Gasteiger partial charge in [0, 0.05) is 19.6 Å². The molecule has 2 aromatic rings. The van der Waals surface area contributed by atoms with Gasteiger partial charge in [-0.1, -0.05) is 30.3 Å². The first kappa shape index (κ1) is 16.7. The first-order valence-corrected chi connectivity index (χ1v) is 8.57. The maximum atomic E-state index is 12.1. The summed E-state index contributed by atoms with van der Waals surface area (Å²) < 4.78 is 5.23. The molecule has 1 aromatic carbocycles. The number of hydrogen-bond acceptors (Lipinski definition) is 4. The molecule has 0 saturated carbocycles. The average molecular weight is 327 g/mol. The van der Waals surface area contributed by atoms with Gasteiger partial charge in [-0.3, -0.25) is 14.6 Å². The van der Waals surface area contributed by atoms with Crippen LogP contribution in [0.5, 0.6) is 0 Å². The second-order valence-electron chi connectivity index (χ2n) is 6.25. The maximum absolute atomic E-state index is 12.1. The molecule has 1 amide bonds. The van der Waals surface area contributed by atoms with Crippen molar-refractivity contribution in [1.29, 1.82) is 0 Å². The normalized spacial score (nSPS) is 16.7. The highest BCUT2D eigenvalue weighted by Crippen LogP contribution is 2.09. The van der Waals surface area contributed by atoms with Crippen molar-refractivity contribution in [2.45, 2.75) is 19.5 Å². The lowest BCUT2D eigenvalue weighted by Crippen LogP contribution is -2.39. The van der Waals surface area contributed by atoms with Crippen molar-refractivity contribution in [2.24, 2.45) is 0 Å². The van der Waals surface area contributed by atoms with Crippen molar-refractivity contribution in [3.63, 3.8) is 0 Å². The molecule has 5 heteroatoms. The Morgan fingerprint density at radius 1 is 1.00 bits per heavy atom. The molecule has 2 heterocycles. The lowest BCUT2D eigenvalue weighted by molar-refractivity contribution is -0.122. The Morgan fingerprint density at radius 3 is 2.58 bits per heavy atom. The van der Waals surface area contributed by atoms with Crippen molar-refractivity contribution in [3.8, 4) is 0 Å². The van der Waals surface area contributed by atoms with Crippen LogP contribution < -0.4 is 5.32 Å². The van der Waals surface area contributed by atoms with Crippen molar-refractivity contribution in [2.75, 3.05) is 32.7 Å². The number of carbonyl (C=O) groups excluding carboxylic acids is 1. The van der Waals surface area contributed by atoms with E-state index in [1.807, 2.05) is 12.1 Å². The van der Waals surface area contributed by atoms with Crippen LogP contribution in [0.25, 0.3) is 0 Å². The van der Waals surface area contributed by atoms with Gasteiger partial charge in [-0.15, -0.1) is 0 Å². The molecule has 1 N–H and O–H groups in total. The largest absolute Gasteiger partial charge is 0.467 e. The van der Waals surface area contributed by atoms with Gasteiger partial charge in [0.05, 0.1) is 19.4 Å². The summed E-state index contributed by atoms with van der Waals surface area (Å²) >= 11 is 0. The van der Waals surface area contributed by atoms with Crippen LogP contribution in [0.3, 0.4) is 0 Å². The minimum atomic E-state index is 0.0582. The molecule has 0 unspecified atom stereocenters. The van der Waals surface area contributed by atoms with Crippen LogP contribution in [0.1, 0.15) is 17.7 Å². The predicted octanol–water partition coefficient (Wildman–Crippen LogP) is 2.10. The Labute approximate surface area is 143 Å². The number of furan rings is 1. The molecule has 1 aromatic heterocycles. The third-order valence-electron chi connectivity index (χ3n) is 4.34. The fourth-order valence-corrected chi connectivity index (χ4v) is 3.04. The Kier molecular flexibility index (Phi) is 6.04. The Morgan fingerprint density at radius 2 is 1.79 bits per heavy atom. The summed E-state index contributed by atoms with van der Waals surface area (Å²) in [5.41, 5.74) is 1.35. The molecule has 24 heavy (non-hydrogen) atoms. The highest BCUT2D eigenvalue weighted by molar-refractivity contribution is 5.77. The second kappa shape index (κ2) is 8.66. The molecule has 0 aliphatic carbocycles. The monoisotopic (exact) mass is 327 g/mol. The lowest BCUT2D eigenvalue weighted by atomic mass is 10.2. The van der Waals surface area contributed by atoms with E-state index in [1.54, 1.807) is 6.26 Å². The lowest BCUT2D eigenvalue weighted by Gasteiger charge is -2.21. The number of rotatable bonds is 6. The molecule has 3 rings (SSSR count). The Hall–Kier alpha value is -2.11. The van der Waals surface area contributed by atoms with Crippen LogP contribution >= 0.6 is 0 Å². The van der Waals surface area contributed by atoms with Crippen molar-refractivity contribution >= 4 is 5.91 Å². The minimum Gasteiger partial charge on any atom is -0.467 e. The van der Waals surface area contributed by atoms with E-state index in [0.29, 0.717) is 13.1 Å². The minimum absolute atomic E-state index is 0.0582. The van der Waals surface area contributed by atoms with E-state index in [4.69, 9.17) is 4.42 Å². The molecular weight excluding hydrogens is 302 g/mol. The fourth-order valence-electron chi connectivity index (χ4n) is 3.04. The molecular formula is C19H25N3O2. The Bertz CT molecular complexity index is 613. The van der Waals surface area contributed by atoms with E-state index in [0.717, 1.165) is 44.9 Å². The zero-order valence-corrected chi connectivity index (χ0v) is 14.0. The summed E-state index contributed by atoms with van der Waals surface area (Å²) in [5, 5.41) is 2.92. The number of nitrogens with one attached hydrogen (secondary N) is 1. The summed E-state index contributed by atoms with van der Waals surface area (Å²) in [6, 6.07) is 14.3. The fraction of sp³-hybridized carbons (Fsp3) is 0.421. The molecule has 0 atom stereocenters. The average Bonchev–Trinajstić information content (AvgIpc) is 3.03. The third kappa shape index (κ3) is 5.22. The van der Waals surface area contributed by atoms with E-state index in [1.165, 1.54) is 5.56 Å². The van der Waals surface area contributed by atoms with Gasteiger partial charge in [0.1, 0.15) is 5.76 Å². The van der Waals surface area contributed by atoms with E-state index >= 15 is 0 Å². The summed E-state index contributed by atoms with van der Waals surface area (Å²) in [4.78, 5) is 16.8. The summed E-state index contributed by atoms with van der Waals surface area (Å²) in [6.07, 6.45) is 2.72. The number of carbonyl (C=O) groups is 1. The van der Waals surface area contributed by atoms with Crippen LogP contribution in [-0.4, -0.2) is 48.4 Å². The number of nitrogens with zero attached hydrogens (tertiary/aromatic N) is 2. The molecule has 1 saturated heterocycles. The van der Waals surface area contributed by atoms with Crippen LogP contribution in [0, 0.1) is 0 Å². The number of amides is 1. The zero-order chi connectivity index (χ0) is 16.6. The summed E-state index contributed by atoms with van der Waals surface area (Å²) in [7, 11) is 0. The molecule has 128 valence electrons. The predicted molar refractivity (Wildman–Crippen MR) is 93.3 cm³/mol. The van der Waals surface area contributed by atoms with Crippen LogP contribution in [0.2, 0.25) is 0 Å². The molecule has 1 aliphatic heterocycles. The standard InChI is InChI=1S/C19H25N3O2/c23-19(20-14-18-8-4-13-24-18)16-22-10-5-9-21(11-12-22)15-17-6-2-1-3-7-17/h1-4,6-8,13H,5,9-12,14-16H2,(H,20,23).